The lowest BCUT2D eigenvalue weighted by Crippen LogP contribution is -2.36. The van der Waals surface area contributed by atoms with Gasteiger partial charge in [-0.1, -0.05) is 18.2 Å². The van der Waals surface area contributed by atoms with Crippen LogP contribution in [0.25, 0.3) is 0 Å². The molecule has 0 aliphatic rings. The van der Waals surface area contributed by atoms with Crippen molar-refractivity contribution in [2.24, 2.45) is 0 Å². The number of ether oxygens (including phenoxy) is 1. The molecular weight excluding hydrogens is 320 g/mol. The van der Waals surface area contributed by atoms with E-state index in [1.54, 1.807) is 24.3 Å². The fourth-order valence-electron chi connectivity index (χ4n) is 2.37. The third-order valence-electron chi connectivity index (χ3n) is 3.56. The zero-order valence-corrected chi connectivity index (χ0v) is 14.4. The number of esters is 1. The third kappa shape index (κ3) is 4.91. The van der Waals surface area contributed by atoms with E-state index in [-0.39, 0.29) is 18.4 Å². The summed E-state index contributed by atoms with van der Waals surface area (Å²) in [7, 11) is 1.28. The van der Waals surface area contributed by atoms with E-state index in [9.17, 15) is 14.4 Å². The fraction of sp³-hybridized carbons (Fsp3) is 0.211. The molecule has 2 rings (SSSR count). The number of nitrogens with one attached hydrogen (secondary N) is 1. The van der Waals surface area contributed by atoms with Gasteiger partial charge in [-0.2, -0.15) is 0 Å². The molecule has 1 N–H and O–H groups in total. The van der Waals surface area contributed by atoms with E-state index < -0.39 is 5.97 Å². The van der Waals surface area contributed by atoms with E-state index in [1.165, 1.54) is 25.0 Å². The van der Waals surface area contributed by atoms with Crippen molar-refractivity contribution < 1.29 is 19.1 Å². The SMILES string of the molecule is COC(=O)c1cccc(N(CC(=O)Nc2cccc(C)c2)C(C)=O)c1. The number of methoxy groups -OCH3 is 1. The van der Waals surface area contributed by atoms with Gasteiger partial charge >= 0.3 is 5.97 Å². The highest BCUT2D eigenvalue weighted by molar-refractivity contribution is 6.02. The molecule has 0 fully saturated rings. The van der Waals surface area contributed by atoms with Crippen molar-refractivity contribution in [3.05, 3.63) is 59.7 Å². The van der Waals surface area contributed by atoms with Crippen molar-refractivity contribution in [3.63, 3.8) is 0 Å². The first kappa shape index (κ1) is 18.2. The van der Waals surface area contributed by atoms with Gasteiger partial charge in [0.05, 0.1) is 12.7 Å². The van der Waals surface area contributed by atoms with Gasteiger partial charge in [0, 0.05) is 18.3 Å². The number of amides is 2. The molecule has 0 saturated heterocycles. The van der Waals surface area contributed by atoms with Crippen LogP contribution in [0.2, 0.25) is 0 Å². The molecule has 0 spiro atoms. The predicted molar refractivity (Wildman–Crippen MR) is 95.6 cm³/mol. The normalized spacial score (nSPS) is 10.0. The molecule has 25 heavy (non-hydrogen) atoms. The molecule has 6 heteroatoms. The first-order valence-corrected chi connectivity index (χ1v) is 7.73. The maximum atomic E-state index is 12.3. The Hall–Kier alpha value is -3.15. The van der Waals surface area contributed by atoms with Crippen LogP contribution in [0.3, 0.4) is 0 Å². The van der Waals surface area contributed by atoms with Gasteiger partial charge in [0.25, 0.3) is 0 Å². The van der Waals surface area contributed by atoms with Gasteiger partial charge in [-0.25, -0.2) is 4.79 Å². The van der Waals surface area contributed by atoms with Crippen LogP contribution in [0.5, 0.6) is 0 Å². The molecule has 0 aliphatic carbocycles. The first-order chi connectivity index (χ1) is 11.9. The summed E-state index contributed by atoms with van der Waals surface area (Å²) in [5.41, 5.74) is 2.45. The largest absolute Gasteiger partial charge is 0.465 e. The lowest BCUT2D eigenvalue weighted by Gasteiger charge is -2.21. The Kier molecular flexibility index (Phi) is 5.89. The second-order valence-corrected chi connectivity index (χ2v) is 5.56. The number of carbonyl (C=O) groups excluding carboxylic acids is 3. The number of anilines is 2. The fourth-order valence-corrected chi connectivity index (χ4v) is 2.37. The van der Waals surface area contributed by atoms with Crippen LogP contribution < -0.4 is 10.2 Å². The van der Waals surface area contributed by atoms with Crippen molar-refractivity contribution >= 4 is 29.2 Å². The molecule has 0 heterocycles. The highest BCUT2D eigenvalue weighted by Crippen LogP contribution is 2.18. The van der Waals surface area contributed by atoms with E-state index in [1.807, 2.05) is 25.1 Å². The second-order valence-electron chi connectivity index (χ2n) is 5.56. The van der Waals surface area contributed by atoms with Gasteiger partial charge in [0.2, 0.25) is 11.8 Å². The molecule has 0 aromatic heterocycles. The minimum atomic E-state index is -0.505. The maximum Gasteiger partial charge on any atom is 0.337 e. The Balaban J connectivity index is 2.17. The van der Waals surface area contributed by atoms with Gasteiger partial charge in [0.1, 0.15) is 6.54 Å². The molecule has 2 amide bonds. The molecule has 2 aromatic carbocycles. The van der Waals surface area contributed by atoms with E-state index in [0.29, 0.717) is 16.9 Å². The van der Waals surface area contributed by atoms with Crippen LogP contribution in [-0.4, -0.2) is 31.4 Å². The summed E-state index contributed by atoms with van der Waals surface area (Å²) in [6.07, 6.45) is 0. The van der Waals surface area contributed by atoms with Crippen LogP contribution in [0, 0.1) is 6.92 Å². The lowest BCUT2D eigenvalue weighted by atomic mass is 10.2. The Bertz CT molecular complexity index is 802. The molecule has 6 nitrogen and oxygen atoms in total. The minimum absolute atomic E-state index is 0.159. The van der Waals surface area contributed by atoms with Gasteiger partial charge in [-0.05, 0) is 42.8 Å². The zero-order valence-electron chi connectivity index (χ0n) is 14.4. The average molecular weight is 340 g/mol. The summed E-state index contributed by atoms with van der Waals surface area (Å²) in [6, 6.07) is 13.8. The van der Waals surface area contributed by atoms with Gasteiger partial charge < -0.3 is 15.0 Å². The number of nitrogens with zero attached hydrogens (tertiary/aromatic N) is 1. The summed E-state index contributed by atoms with van der Waals surface area (Å²) in [6.45, 7) is 3.13. The van der Waals surface area contributed by atoms with Crippen molar-refractivity contribution in [3.8, 4) is 0 Å². The standard InChI is InChI=1S/C19H20N2O4/c1-13-6-4-8-16(10-13)20-18(23)12-21(14(2)22)17-9-5-7-15(11-17)19(24)25-3/h4-11H,12H2,1-3H3,(H,20,23). The number of aryl methyl sites for hydroxylation is 1. The molecule has 0 radical (unpaired) electrons. The molecule has 0 saturated carbocycles. The molecule has 0 atom stereocenters. The lowest BCUT2D eigenvalue weighted by molar-refractivity contribution is -0.120. The number of benzene rings is 2. The summed E-state index contributed by atoms with van der Waals surface area (Å²) >= 11 is 0. The zero-order chi connectivity index (χ0) is 18.4. The monoisotopic (exact) mass is 340 g/mol. The Labute approximate surface area is 146 Å². The molecule has 130 valence electrons. The molecular formula is C19H20N2O4. The second kappa shape index (κ2) is 8.10. The number of hydrogen-bond acceptors (Lipinski definition) is 4. The summed E-state index contributed by atoms with van der Waals surface area (Å²) in [4.78, 5) is 37.2. The Morgan fingerprint density at radius 3 is 2.44 bits per heavy atom. The van der Waals surface area contributed by atoms with E-state index in [0.717, 1.165) is 5.56 Å². The average Bonchev–Trinajstić information content (AvgIpc) is 2.58. The van der Waals surface area contributed by atoms with Crippen LogP contribution in [0.15, 0.2) is 48.5 Å². The maximum absolute atomic E-state index is 12.3. The smallest absolute Gasteiger partial charge is 0.337 e. The summed E-state index contributed by atoms with van der Waals surface area (Å²) in [5.74, 6) is -1.14. The summed E-state index contributed by atoms with van der Waals surface area (Å²) in [5, 5.41) is 2.76. The van der Waals surface area contributed by atoms with Crippen LogP contribution >= 0.6 is 0 Å². The van der Waals surface area contributed by atoms with E-state index in [2.05, 4.69) is 10.1 Å². The van der Waals surface area contributed by atoms with Gasteiger partial charge in [-0.15, -0.1) is 0 Å². The van der Waals surface area contributed by atoms with Crippen molar-refractivity contribution in [2.45, 2.75) is 13.8 Å². The molecule has 0 bridgehead atoms. The van der Waals surface area contributed by atoms with E-state index in [4.69, 9.17) is 0 Å². The molecule has 0 aliphatic heterocycles. The van der Waals surface area contributed by atoms with E-state index >= 15 is 0 Å². The highest BCUT2D eigenvalue weighted by atomic mass is 16.5. The summed E-state index contributed by atoms with van der Waals surface area (Å²) < 4.78 is 4.68. The van der Waals surface area contributed by atoms with Crippen molar-refractivity contribution in [2.75, 3.05) is 23.9 Å². The van der Waals surface area contributed by atoms with Crippen molar-refractivity contribution in [1.82, 2.24) is 0 Å². The quantitative estimate of drug-likeness (QED) is 0.849. The third-order valence-corrected chi connectivity index (χ3v) is 3.56. The van der Waals surface area contributed by atoms with Gasteiger partial charge in [-0.3, -0.25) is 9.59 Å². The first-order valence-electron chi connectivity index (χ1n) is 7.73. The van der Waals surface area contributed by atoms with Crippen LogP contribution in [0.4, 0.5) is 11.4 Å². The Morgan fingerprint density at radius 1 is 1.08 bits per heavy atom. The number of hydrogen-bond donors (Lipinski definition) is 1. The van der Waals surface area contributed by atoms with Crippen LogP contribution in [-0.2, 0) is 14.3 Å². The van der Waals surface area contributed by atoms with Gasteiger partial charge in [0.15, 0.2) is 0 Å². The minimum Gasteiger partial charge on any atom is -0.465 e. The number of rotatable bonds is 5. The Morgan fingerprint density at radius 2 is 1.80 bits per heavy atom. The molecule has 0 unspecified atom stereocenters. The molecule has 2 aromatic rings. The predicted octanol–water partition coefficient (Wildman–Crippen LogP) is 2.77. The van der Waals surface area contributed by atoms with Crippen molar-refractivity contribution in [1.29, 1.82) is 0 Å². The number of carbonyl (C=O) groups is 3. The highest BCUT2D eigenvalue weighted by Gasteiger charge is 2.17. The topological polar surface area (TPSA) is 75.7 Å². The van der Waals surface area contributed by atoms with Crippen LogP contribution in [0.1, 0.15) is 22.8 Å².